The van der Waals surface area contributed by atoms with Crippen LogP contribution in [0.2, 0.25) is 0 Å². The molecule has 0 bridgehead atoms. The minimum Gasteiger partial charge on any atom is -0.508 e. The molecule has 0 unspecified atom stereocenters. The van der Waals surface area contributed by atoms with Crippen LogP contribution < -0.4 is 0 Å². The van der Waals surface area contributed by atoms with Crippen LogP contribution >= 0.6 is 0 Å². The van der Waals surface area contributed by atoms with Crippen molar-refractivity contribution in [1.29, 1.82) is 0 Å². The number of phenolic OH excluding ortho intramolecular Hbond substituents is 1. The Kier molecular flexibility index (Phi) is 11.3. The number of hydrogen-bond acceptors (Lipinski definition) is 1. The molecule has 0 aliphatic rings. The van der Waals surface area contributed by atoms with Crippen molar-refractivity contribution < 1.29 is 26.2 Å². The molecule has 0 amide bonds. The van der Waals surface area contributed by atoms with Crippen LogP contribution in [-0.2, 0) is 21.1 Å². The maximum Gasteiger partial charge on any atom is 0.115 e. The second-order valence-electron chi connectivity index (χ2n) is 5.55. The Balaban J connectivity index is 0.000000332. The third-order valence-corrected chi connectivity index (χ3v) is 3.72. The molecule has 0 atom stereocenters. The Morgan fingerprint density at radius 2 is 0.857 bits per heavy atom. The minimum absolute atomic E-state index is 0. The Labute approximate surface area is 183 Å². The zero-order valence-corrected chi connectivity index (χ0v) is 18.4. The molecule has 4 aromatic rings. The van der Waals surface area contributed by atoms with Crippen molar-refractivity contribution in [2.24, 2.45) is 0 Å². The summed E-state index contributed by atoms with van der Waals surface area (Å²) in [7, 11) is 0. The van der Waals surface area contributed by atoms with Crippen LogP contribution in [0.3, 0.4) is 0 Å². The number of aromatic hydroxyl groups is 1. The second kappa shape index (κ2) is 13.5. The molecule has 0 heterocycles. The van der Waals surface area contributed by atoms with E-state index in [1.807, 2.05) is 32.0 Å². The van der Waals surface area contributed by atoms with Crippen LogP contribution in [0.1, 0.15) is 13.8 Å². The van der Waals surface area contributed by atoms with E-state index in [4.69, 9.17) is 5.11 Å². The van der Waals surface area contributed by atoms with Gasteiger partial charge in [0.05, 0.1) is 0 Å². The summed E-state index contributed by atoms with van der Waals surface area (Å²) in [5.74, 6) is 0.322. The third kappa shape index (κ3) is 7.54. The number of para-hydroxylation sites is 1. The summed E-state index contributed by atoms with van der Waals surface area (Å²) < 4.78 is 0. The van der Waals surface area contributed by atoms with Crippen molar-refractivity contribution in [3.8, 4) is 28.0 Å². The van der Waals surface area contributed by atoms with E-state index in [0.717, 1.165) is 11.1 Å². The first-order valence-electron chi connectivity index (χ1n) is 9.20. The van der Waals surface area contributed by atoms with Gasteiger partial charge in [0.2, 0.25) is 0 Å². The van der Waals surface area contributed by atoms with Crippen LogP contribution in [0, 0.1) is 6.07 Å². The molecule has 0 aromatic heterocycles. The topological polar surface area (TPSA) is 20.2 Å². The summed E-state index contributed by atoms with van der Waals surface area (Å²) in [4.78, 5) is 0. The molecule has 2 heteroatoms. The SMILES string of the molecule is CC.Oc1ccccc1.[Pt].[c-]1c(-c2ccccc2)cccc1-c1ccccc1. The summed E-state index contributed by atoms with van der Waals surface area (Å²) in [5, 5.41) is 8.63. The van der Waals surface area contributed by atoms with E-state index < -0.39 is 0 Å². The van der Waals surface area contributed by atoms with E-state index in [1.165, 1.54) is 11.1 Å². The monoisotopic (exact) mass is 548 g/mol. The minimum atomic E-state index is 0. The van der Waals surface area contributed by atoms with Crippen molar-refractivity contribution in [2.45, 2.75) is 13.8 Å². The van der Waals surface area contributed by atoms with Crippen LogP contribution in [0.25, 0.3) is 22.3 Å². The van der Waals surface area contributed by atoms with Gasteiger partial charge in [0.1, 0.15) is 5.75 Å². The van der Waals surface area contributed by atoms with Crippen molar-refractivity contribution in [1.82, 2.24) is 0 Å². The standard InChI is InChI=1S/C18H13.C6H6O.C2H6.Pt/c1-3-8-15(9-4-1)17-12-7-13-18(14-17)16-10-5-2-6-11-16;7-6-4-2-1-3-5-6;1-2;/h1-13H;1-5,7H;1-2H3;/q-1;;;. The van der Waals surface area contributed by atoms with Crippen LogP contribution in [-0.4, -0.2) is 5.11 Å². The molecule has 1 N–H and O–H groups in total. The van der Waals surface area contributed by atoms with E-state index >= 15 is 0 Å². The van der Waals surface area contributed by atoms with Crippen molar-refractivity contribution in [2.75, 3.05) is 0 Å². The Morgan fingerprint density at radius 1 is 0.500 bits per heavy atom. The zero-order chi connectivity index (χ0) is 19.3. The molecule has 0 saturated carbocycles. The molecule has 146 valence electrons. The molecule has 0 saturated heterocycles. The van der Waals surface area contributed by atoms with Gasteiger partial charge in [-0.25, -0.2) is 0 Å². The molecule has 0 spiro atoms. The molecule has 28 heavy (non-hydrogen) atoms. The summed E-state index contributed by atoms with van der Waals surface area (Å²) in [6.07, 6.45) is 0. The van der Waals surface area contributed by atoms with E-state index in [2.05, 4.69) is 72.8 Å². The largest absolute Gasteiger partial charge is 0.508 e. The zero-order valence-electron chi connectivity index (χ0n) is 16.2. The number of hydrogen-bond donors (Lipinski definition) is 1. The average Bonchev–Trinajstić information content (AvgIpc) is 2.77. The smallest absolute Gasteiger partial charge is 0.115 e. The first kappa shape index (κ1) is 23.4. The first-order valence-corrected chi connectivity index (χ1v) is 9.20. The predicted molar refractivity (Wildman–Crippen MR) is 116 cm³/mol. The van der Waals surface area contributed by atoms with Gasteiger partial charge in [-0.2, -0.15) is 0 Å². The molecular weight excluding hydrogens is 523 g/mol. The van der Waals surface area contributed by atoms with Gasteiger partial charge >= 0.3 is 0 Å². The van der Waals surface area contributed by atoms with Crippen molar-refractivity contribution in [3.63, 3.8) is 0 Å². The quantitative estimate of drug-likeness (QED) is 0.262. The molecule has 0 radical (unpaired) electrons. The maximum absolute atomic E-state index is 8.63. The predicted octanol–water partition coefficient (Wildman–Crippen LogP) is 7.24. The second-order valence-corrected chi connectivity index (χ2v) is 5.55. The van der Waals surface area contributed by atoms with E-state index in [9.17, 15) is 0 Å². The number of benzene rings is 4. The molecule has 0 fully saturated rings. The van der Waals surface area contributed by atoms with Gasteiger partial charge in [-0.15, -0.1) is 35.4 Å². The summed E-state index contributed by atoms with van der Waals surface area (Å²) in [6.45, 7) is 4.00. The molecule has 0 aliphatic heterocycles. The molecular formula is C26H25OPt-. The Bertz CT molecular complexity index is 836. The Hall–Kier alpha value is -2.63. The molecule has 4 rings (SSSR count). The van der Waals surface area contributed by atoms with Gasteiger partial charge in [0, 0.05) is 21.1 Å². The third-order valence-electron chi connectivity index (χ3n) is 3.72. The van der Waals surface area contributed by atoms with E-state index in [0.29, 0.717) is 5.75 Å². The van der Waals surface area contributed by atoms with Gasteiger partial charge in [-0.3, -0.25) is 0 Å². The summed E-state index contributed by atoms with van der Waals surface area (Å²) >= 11 is 0. The maximum atomic E-state index is 8.63. The fourth-order valence-electron chi connectivity index (χ4n) is 2.47. The fourth-order valence-corrected chi connectivity index (χ4v) is 2.47. The Morgan fingerprint density at radius 3 is 1.18 bits per heavy atom. The number of phenols is 1. The van der Waals surface area contributed by atoms with Gasteiger partial charge in [0.15, 0.2) is 0 Å². The van der Waals surface area contributed by atoms with Gasteiger partial charge in [-0.05, 0) is 12.1 Å². The van der Waals surface area contributed by atoms with Crippen LogP contribution in [0.4, 0.5) is 0 Å². The van der Waals surface area contributed by atoms with Gasteiger partial charge in [-0.1, -0.05) is 104 Å². The van der Waals surface area contributed by atoms with Gasteiger partial charge < -0.3 is 5.11 Å². The van der Waals surface area contributed by atoms with Gasteiger partial charge in [0.25, 0.3) is 0 Å². The molecule has 4 aromatic carbocycles. The molecule has 0 aliphatic carbocycles. The first-order chi connectivity index (χ1) is 13.3. The van der Waals surface area contributed by atoms with E-state index in [1.54, 1.807) is 24.3 Å². The normalized spacial score (nSPS) is 8.93. The van der Waals surface area contributed by atoms with Crippen LogP contribution in [0.15, 0.2) is 109 Å². The van der Waals surface area contributed by atoms with Crippen molar-refractivity contribution >= 4 is 0 Å². The summed E-state index contributed by atoms with van der Waals surface area (Å²) in [5.41, 5.74) is 4.68. The summed E-state index contributed by atoms with van der Waals surface area (Å²) in [6, 6.07) is 39.2. The number of rotatable bonds is 2. The van der Waals surface area contributed by atoms with Crippen molar-refractivity contribution in [3.05, 3.63) is 115 Å². The van der Waals surface area contributed by atoms with Crippen LogP contribution in [0.5, 0.6) is 5.75 Å². The average molecular weight is 549 g/mol. The fraction of sp³-hybridized carbons (Fsp3) is 0.0769. The van der Waals surface area contributed by atoms with E-state index in [-0.39, 0.29) is 21.1 Å². The molecule has 1 nitrogen and oxygen atoms in total.